The topological polar surface area (TPSA) is 88.5 Å². The SMILES string of the molecule is CCc1[nH]c(C(=O)NCc2cn3cc(Cl)ccc3n2)c(C)c1C(=O)OC. The number of imidazole rings is 1. The number of aromatic nitrogens is 3. The Labute approximate surface area is 155 Å². The lowest BCUT2D eigenvalue weighted by Gasteiger charge is -2.03. The van der Waals surface area contributed by atoms with Crippen LogP contribution in [0.4, 0.5) is 0 Å². The molecule has 0 saturated carbocycles. The highest BCUT2D eigenvalue weighted by atomic mass is 35.5. The van der Waals surface area contributed by atoms with Gasteiger partial charge in [0.2, 0.25) is 0 Å². The molecule has 0 aliphatic carbocycles. The standard InChI is InChI=1S/C18H19ClN4O3/c1-4-13-15(18(25)26-3)10(2)16(22-13)17(24)20-7-12-9-23-8-11(19)5-6-14(23)21-12/h5-6,8-9,22H,4,7H2,1-3H3,(H,20,24). The van der Waals surface area contributed by atoms with Crippen molar-refractivity contribution >= 4 is 29.1 Å². The van der Waals surface area contributed by atoms with Crippen molar-refractivity contribution in [1.82, 2.24) is 19.7 Å². The molecule has 0 radical (unpaired) electrons. The van der Waals surface area contributed by atoms with E-state index in [1.54, 1.807) is 35.9 Å². The molecule has 136 valence electrons. The van der Waals surface area contributed by atoms with Gasteiger partial charge in [-0.05, 0) is 31.0 Å². The van der Waals surface area contributed by atoms with E-state index in [0.29, 0.717) is 39.7 Å². The number of aryl methyl sites for hydroxylation is 1. The fourth-order valence-corrected chi connectivity index (χ4v) is 3.06. The zero-order valence-corrected chi connectivity index (χ0v) is 15.5. The van der Waals surface area contributed by atoms with E-state index in [9.17, 15) is 9.59 Å². The molecule has 3 aromatic rings. The number of nitrogens with one attached hydrogen (secondary N) is 2. The van der Waals surface area contributed by atoms with Crippen LogP contribution in [-0.4, -0.2) is 33.4 Å². The third-order valence-corrected chi connectivity index (χ3v) is 4.42. The Morgan fingerprint density at radius 3 is 2.81 bits per heavy atom. The summed E-state index contributed by atoms with van der Waals surface area (Å²) in [5.74, 6) is -0.755. The number of amides is 1. The summed E-state index contributed by atoms with van der Waals surface area (Å²) in [5, 5.41) is 3.43. The Bertz CT molecular complexity index is 990. The van der Waals surface area contributed by atoms with E-state index in [2.05, 4.69) is 15.3 Å². The molecule has 0 fully saturated rings. The van der Waals surface area contributed by atoms with Crippen LogP contribution in [0.1, 0.15) is 44.7 Å². The molecule has 0 unspecified atom stereocenters. The number of ether oxygens (including phenoxy) is 1. The molecular weight excluding hydrogens is 356 g/mol. The summed E-state index contributed by atoms with van der Waals surface area (Å²) in [7, 11) is 1.32. The van der Waals surface area contributed by atoms with Gasteiger partial charge in [0.1, 0.15) is 11.3 Å². The van der Waals surface area contributed by atoms with Crippen LogP contribution in [0.3, 0.4) is 0 Å². The van der Waals surface area contributed by atoms with E-state index in [-0.39, 0.29) is 12.5 Å². The highest BCUT2D eigenvalue weighted by molar-refractivity contribution is 6.30. The number of methoxy groups -OCH3 is 1. The maximum atomic E-state index is 12.6. The minimum absolute atomic E-state index is 0.256. The lowest BCUT2D eigenvalue weighted by molar-refractivity contribution is 0.0599. The van der Waals surface area contributed by atoms with Crippen LogP contribution in [0.2, 0.25) is 5.02 Å². The quantitative estimate of drug-likeness (QED) is 0.672. The van der Waals surface area contributed by atoms with Gasteiger partial charge in [0, 0.05) is 18.1 Å². The summed E-state index contributed by atoms with van der Waals surface area (Å²) in [4.78, 5) is 32.0. The van der Waals surface area contributed by atoms with Crippen LogP contribution in [-0.2, 0) is 17.7 Å². The van der Waals surface area contributed by atoms with E-state index < -0.39 is 5.97 Å². The number of esters is 1. The molecule has 0 aliphatic rings. The Hall–Kier alpha value is -2.80. The second kappa shape index (κ2) is 7.21. The fourth-order valence-electron chi connectivity index (χ4n) is 2.89. The summed E-state index contributed by atoms with van der Waals surface area (Å²) in [6.45, 7) is 3.89. The summed E-state index contributed by atoms with van der Waals surface area (Å²) in [6, 6.07) is 3.56. The molecule has 3 aromatic heterocycles. The van der Waals surface area contributed by atoms with Gasteiger partial charge in [0.15, 0.2) is 0 Å². The third kappa shape index (κ3) is 3.30. The molecule has 3 heterocycles. The highest BCUT2D eigenvalue weighted by Crippen LogP contribution is 2.20. The number of hydrogen-bond donors (Lipinski definition) is 2. The van der Waals surface area contributed by atoms with Crippen LogP contribution >= 0.6 is 11.6 Å². The highest BCUT2D eigenvalue weighted by Gasteiger charge is 2.23. The molecule has 0 atom stereocenters. The van der Waals surface area contributed by atoms with Crippen molar-refractivity contribution in [1.29, 1.82) is 0 Å². The minimum atomic E-state index is -0.452. The first kappa shape index (κ1) is 18.0. The summed E-state index contributed by atoms with van der Waals surface area (Å²) < 4.78 is 6.61. The lowest BCUT2D eigenvalue weighted by atomic mass is 10.1. The van der Waals surface area contributed by atoms with Crippen molar-refractivity contribution in [2.24, 2.45) is 0 Å². The van der Waals surface area contributed by atoms with Gasteiger partial charge in [0.25, 0.3) is 5.91 Å². The largest absolute Gasteiger partial charge is 0.465 e. The van der Waals surface area contributed by atoms with Crippen LogP contribution < -0.4 is 5.32 Å². The number of halogens is 1. The first-order valence-electron chi connectivity index (χ1n) is 8.15. The Morgan fingerprint density at radius 2 is 2.12 bits per heavy atom. The van der Waals surface area contributed by atoms with Crippen LogP contribution in [0.15, 0.2) is 24.5 Å². The zero-order chi connectivity index (χ0) is 18.8. The molecular formula is C18H19ClN4O3. The number of aromatic amines is 1. The predicted molar refractivity (Wildman–Crippen MR) is 97.6 cm³/mol. The second-order valence-electron chi connectivity index (χ2n) is 5.85. The smallest absolute Gasteiger partial charge is 0.339 e. The molecule has 26 heavy (non-hydrogen) atoms. The Kier molecular flexibility index (Phi) is 4.99. The van der Waals surface area contributed by atoms with E-state index in [4.69, 9.17) is 16.3 Å². The molecule has 0 bridgehead atoms. The average Bonchev–Trinajstić information content (AvgIpc) is 3.18. The predicted octanol–water partition coefficient (Wildman–Crippen LogP) is 2.90. The molecule has 0 aromatic carbocycles. The number of pyridine rings is 1. The number of carbonyl (C=O) groups is 2. The molecule has 2 N–H and O–H groups in total. The van der Waals surface area contributed by atoms with Crippen molar-refractivity contribution in [2.75, 3.05) is 7.11 Å². The van der Waals surface area contributed by atoms with Gasteiger partial charge in [-0.1, -0.05) is 18.5 Å². The van der Waals surface area contributed by atoms with Gasteiger partial charge < -0.3 is 19.4 Å². The normalized spacial score (nSPS) is 10.9. The summed E-state index contributed by atoms with van der Waals surface area (Å²) in [5.41, 5.74) is 3.48. The number of carbonyl (C=O) groups excluding carboxylic acids is 2. The van der Waals surface area contributed by atoms with Crippen molar-refractivity contribution in [3.8, 4) is 0 Å². The Balaban J connectivity index is 1.79. The number of fused-ring (bicyclic) bond motifs is 1. The maximum Gasteiger partial charge on any atom is 0.339 e. The van der Waals surface area contributed by atoms with E-state index in [1.165, 1.54) is 7.11 Å². The fraction of sp³-hybridized carbons (Fsp3) is 0.278. The van der Waals surface area contributed by atoms with E-state index in [0.717, 1.165) is 5.65 Å². The summed E-state index contributed by atoms with van der Waals surface area (Å²) in [6.07, 6.45) is 4.15. The van der Waals surface area contributed by atoms with Crippen molar-refractivity contribution < 1.29 is 14.3 Å². The van der Waals surface area contributed by atoms with Gasteiger partial charge in [-0.2, -0.15) is 0 Å². The zero-order valence-electron chi connectivity index (χ0n) is 14.7. The van der Waals surface area contributed by atoms with Crippen LogP contribution in [0.5, 0.6) is 0 Å². The van der Waals surface area contributed by atoms with Crippen molar-refractivity contribution in [3.05, 3.63) is 57.8 Å². The average molecular weight is 375 g/mol. The molecule has 1 amide bonds. The number of nitrogens with zero attached hydrogens (tertiary/aromatic N) is 2. The second-order valence-corrected chi connectivity index (χ2v) is 6.29. The minimum Gasteiger partial charge on any atom is -0.465 e. The molecule has 0 aliphatic heterocycles. The first-order valence-corrected chi connectivity index (χ1v) is 8.53. The third-order valence-electron chi connectivity index (χ3n) is 4.19. The Morgan fingerprint density at radius 1 is 1.35 bits per heavy atom. The molecule has 8 heteroatoms. The molecule has 7 nitrogen and oxygen atoms in total. The number of rotatable bonds is 5. The van der Waals surface area contributed by atoms with Gasteiger partial charge in [-0.3, -0.25) is 4.79 Å². The van der Waals surface area contributed by atoms with Gasteiger partial charge in [0.05, 0.1) is 29.9 Å². The molecule has 0 saturated heterocycles. The summed E-state index contributed by atoms with van der Waals surface area (Å²) >= 11 is 5.96. The van der Waals surface area contributed by atoms with E-state index >= 15 is 0 Å². The van der Waals surface area contributed by atoms with Gasteiger partial charge in [-0.15, -0.1) is 0 Å². The number of H-pyrrole nitrogens is 1. The first-order chi connectivity index (χ1) is 12.4. The number of hydrogen-bond acceptors (Lipinski definition) is 4. The van der Waals surface area contributed by atoms with Crippen molar-refractivity contribution in [2.45, 2.75) is 26.8 Å². The van der Waals surface area contributed by atoms with Crippen LogP contribution in [0.25, 0.3) is 5.65 Å². The molecule has 0 spiro atoms. The molecule has 3 rings (SSSR count). The van der Waals surface area contributed by atoms with Crippen LogP contribution in [0, 0.1) is 6.92 Å². The van der Waals surface area contributed by atoms with Gasteiger partial charge >= 0.3 is 5.97 Å². The van der Waals surface area contributed by atoms with E-state index in [1.807, 2.05) is 6.92 Å². The maximum absolute atomic E-state index is 12.6. The van der Waals surface area contributed by atoms with Crippen molar-refractivity contribution in [3.63, 3.8) is 0 Å². The monoisotopic (exact) mass is 374 g/mol. The lowest BCUT2D eigenvalue weighted by Crippen LogP contribution is -2.24. The van der Waals surface area contributed by atoms with Gasteiger partial charge in [-0.25, -0.2) is 9.78 Å².